The van der Waals surface area contributed by atoms with Crippen LogP contribution in [-0.2, 0) is 23.5 Å². The number of anilines is 2. The second-order valence-corrected chi connectivity index (χ2v) is 7.22. The highest BCUT2D eigenvalue weighted by atomic mass is 19.4. The number of amides is 1. The van der Waals surface area contributed by atoms with Crippen LogP contribution in [0.15, 0.2) is 29.3 Å². The topological polar surface area (TPSA) is 105 Å². The van der Waals surface area contributed by atoms with E-state index in [1.54, 1.807) is 4.90 Å². The Bertz CT molecular complexity index is 1060. The summed E-state index contributed by atoms with van der Waals surface area (Å²) >= 11 is 0. The van der Waals surface area contributed by atoms with Crippen molar-refractivity contribution in [2.75, 3.05) is 43.4 Å². The number of aromatic amines is 1. The number of nitrogens with two attached hydrogens (primary N) is 1. The van der Waals surface area contributed by atoms with E-state index in [9.17, 15) is 35.9 Å². The first-order chi connectivity index (χ1) is 15.4. The molecule has 8 nitrogen and oxygen atoms in total. The molecule has 0 saturated carbocycles. The number of alkyl halides is 6. The summed E-state index contributed by atoms with van der Waals surface area (Å²) in [7, 11) is 0. The summed E-state index contributed by atoms with van der Waals surface area (Å²) < 4.78 is 81.7. The van der Waals surface area contributed by atoms with Gasteiger partial charge >= 0.3 is 18.4 Å². The number of aromatic nitrogens is 2. The van der Waals surface area contributed by atoms with Crippen LogP contribution in [0.25, 0.3) is 0 Å². The number of nitrogen functional groups attached to an aromatic ring is 1. The molecule has 0 unspecified atom stereocenters. The minimum absolute atomic E-state index is 0.0441. The fourth-order valence-corrected chi connectivity index (χ4v) is 3.23. The number of hydrogen-bond acceptors (Lipinski definition) is 6. The lowest BCUT2D eigenvalue weighted by Gasteiger charge is -2.35. The average Bonchev–Trinajstić information content (AvgIpc) is 2.73. The van der Waals surface area contributed by atoms with E-state index in [0.717, 1.165) is 12.3 Å². The first kappa shape index (κ1) is 24.2. The maximum absolute atomic E-state index is 12.8. The molecular formula is C19H19F6N5O3. The average molecular weight is 479 g/mol. The standard InChI is InChI=1S/C19H19F6N5O3/c20-18(21,22)12-8-14(26)15(27-10-12)29-2-4-30(5-3-29)17(32)33-6-1-11-7-13(19(23,24)25)16(31)28-9-11/h7-10H,1-6,26H2,(H,28,31). The van der Waals surface area contributed by atoms with Crippen LogP contribution in [0.5, 0.6) is 0 Å². The summed E-state index contributed by atoms with van der Waals surface area (Å²) in [6.07, 6.45) is -8.30. The summed E-state index contributed by atoms with van der Waals surface area (Å²) in [5.41, 5.74) is 2.16. The molecule has 0 aromatic carbocycles. The molecule has 14 heteroatoms. The van der Waals surface area contributed by atoms with Crippen molar-refractivity contribution >= 4 is 17.6 Å². The Labute approximate surface area is 182 Å². The molecule has 1 aliphatic rings. The van der Waals surface area contributed by atoms with Gasteiger partial charge in [-0.05, 0) is 17.7 Å². The van der Waals surface area contributed by atoms with E-state index in [-0.39, 0.29) is 56.3 Å². The van der Waals surface area contributed by atoms with Gasteiger partial charge in [0, 0.05) is 45.0 Å². The summed E-state index contributed by atoms with van der Waals surface area (Å²) in [4.78, 5) is 32.3. The summed E-state index contributed by atoms with van der Waals surface area (Å²) in [6.45, 7) is 0.630. The molecule has 0 aliphatic carbocycles. The van der Waals surface area contributed by atoms with Gasteiger partial charge in [0.15, 0.2) is 5.82 Å². The molecule has 0 bridgehead atoms. The van der Waals surface area contributed by atoms with Crippen molar-refractivity contribution in [3.8, 4) is 0 Å². The third kappa shape index (κ3) is 5.87. The van der Waals surface area contributed by atoms with Crippen molar-refractivity contribution < 1.29 is 35.9 Å². The molecule has 3 N–H and O–H groups in total. The Hall–Kier alpha value is -3.45. The molecule has 1 fully saturated rings. The molecule has 2 aromatic heterocycles. The van der Waals surface area contributed by atoms with Crippen molar-refractivity contribution in [2.45, 2.75) is 18.8 Å². The number of carbonyl (C=O) groups is 1. The van der Waals surface area contributed by atoms with E-state index >= 15 is 0 Å². The van der Waals surface area contributed by atoms with E-state index in [4.69, 9.17) is 10.5 Å². The lowest BCUT2D eigenvalue weighted by molar-refractivity contribution is -0.139. The monoisotopic (exact) mass is 479 g/mol. The van der Waals surface area contributed by atoms with E-state index < -0.39 is 35.1 Å². The van der Waals surface area contributed by atoms with Crippen molar-refractivity contribution in [1.29, 1.82) is 0 Å². The molecule has 2 aromatic rings. The van der Waals surface area contributed by atoms with Crippen LogP contribution in [0.1, 0.15) is 16.7 Å². The molecule has 1 aliphatic heterocycles. The van der Waals surface area contributed by atoms with E-state index in [1.165, 1.54) is 4.90 Å². The number of nitrogens with one attached hydrogen (secondary N) is 1. The fraction of sp³-hybridized carbons (Fsp3) is 0.421. The van der Waals surface area contributed by atoms with Crippen LogP contribution < -0.4 is 16.2 Å². The Morgan fingerprint density at radius 1 is 1.09 bits per heavy atom. The largest absolute Gasteiger partial charge is 0.449 e. The number of hydrogen-bond donors (Lipinski definition) is 2. The maximum Gasteiger partial charge on any atom is 0.421 e. The molecule has 0 radical (unpaired) electrons. The summed E-state index contributed by atoms with van der Waals surface area (Å²) in [5, 5.41) is 0. The number of pyridine rings is 2. The van der Waals surface area contributed by atoms with Gasteiger partial charge in [-0.2, -0.15) is 26.3 Å². The predicted octanol–water partition coefficient (Wildman–Crippen LogP) is 2.89. The van der Waals surface area contributed by atoms with Gasteiger partial charge in [-0.1, -0.05) is 0 Å². The minimum atomic E-state index is -4.80. The Morgan fingerprint density at radius 3 is 2.33 bits per heavy atom. The van der Waals surface area contributed by atoms with E-state index in [2.05, 4.69) is 4.98 Å². The Morgan fingerprint density at radius 2 is 1.76 bits per heavy atom. The smallest absolute Gasteiger partial charge is 0.421 e. The number of H-pyrrole nitrogens is 1. The zero-order chi connectivity index (χ0) is 24.4. The van der Waals surface area contributed by atoms with Gasteiger partial charge in [0.25, 0.3) is 5.56 Å². The van der Waals surface area contributed by atoms with E-state index in [1.807, 2.05) is 4.98 Å². The molecule has 33 heavy (non-hydrogen) atoms. The number of ether oxygens (including phenoxy) is 1. The SMILES string of the molecule is Nc1cc(C(F)(F)F)cnc1N1CCN(C(=O)OCCc2c[nH]c(=O)c(C(F)(F)F)c2)CC1. The molecule has 1 saturated heterocycles. The summed E-state index contributed by atoms with van der Waals surface area (Å²) in [6, 6.07) is 1.50. The van der Waals surface area contributed by atoms with Crippen LogP contribution in [0.4, 0.5) is 42.6 Å². The molecule has 0 spiro atoms. The molecule has 0 atom stereocenters. The quantitative estimate of drug-likeness (QED) is 0.654. The normalized spacial score (nSPS) is 15.0. The number of rotatable bonds is 4. The number of piperazine rings is 1. The Kier molecular flexibility index (Phi) is 6.74. The first-order valence-corrected chi connectivity index (χ1v) is 9.64. The third-order valence-corrected chi connectivity index (χ3v) is 4.94. The van der Waals surface area contributed by atoms with Crippen molar-refractivity contribution in [3.63, 3.8) is 0 Å². The zero-order valence-electron chi connectivity index (χ0n) is 17.0. The van der Waals surface area contributed by atoms with Crippen LogP contribution in [0.3, 0.4) is 0 Å². The van der Waals surface area contributed by atoms with Gasteiger partial charge in [0.2, 0.25) is 0 Å². The minimum Gasteiger partial charge on any atom is -0.449 e. The molecular weight excluding hydrogens is 460 g/mol. The molecule has 180 valence electrons. The second-order valence-electron chi connectivity index (χ2n) is 7.22. The summed E-state index contributed by atoms with van der Waals surface area (Å²) in [5.74, 6) is 0.176. The van der Waals surface area contributed by atoms with Crippen LogP contribution in [0, 0.1) is 0 Å². The van der Waals surface area contributed by atoms with Gasteiger partial charge < -0.3 is 25.3 Å². The third-order valence-electron chi connectivity index (χ3n) is 4.94. The van der Waals surface area contributed by atoms with Crippen molar-refractivity contribution in [1.82, 2.24) is 14.9 Å². The van der Waals surface area contributed by atoms with Crippen molar-refractivity contribution in [3.05, 3.63) is 51.6 Å². The molecule has 3 rings (SSSR count). The van der Waals surface area contributed by atoms with Crippen LogP contribution in [0.2, 0.25) is 0 Å². The predicted molar refractivity (Wildman–Crippen MR) is 105 cm³/mol. The first-order valence-electron chi connectivity index (χ1n) is 9.64. The maximum atomic E-state index is 12.8. The van der Waals surface area contributed by atoms with Gasteiger partial charge in [-0.25, -0.2) is 9.78 Å². The van der Waals surface area contributed by atoms with E-state index in [0.29, 0.717) is 12.3 Å². The van der Waals surface area contributed by atoms with Crippen LogP contribution >= 0.6 is 0 Å². The van der Waals surface area contributed by atoms with Gasteiger partial charge in [-0.3, -0.25) is 4.79 Å². The highest BCUT2D eigenvalue weighted by Crippen LogP contribution is 2.32. The number of halogens is 6. The Balaban J connectivity index is 1.51. The highest BCUT2D eigenvalue weighted by Gasteiger charge is 2.34. The van der Waals surface area contributed by atoms with Gasteiger partial charge in [0.1, 0.15) is 5.56 Å². The number of carbonyl (C=O) groups excluding carboxylic acids is 1. The second kappa shape index (κ2) is 9.19. The highest BCUT2D eigenvalue weighted by molar-refractivity contribution is 5.69. The lowest BCUT2D eigenvalue weighted by Crippen LogP contribution is -2.49. The molecule has 1 amide bonds. The number of nitrogens with zero attached hydrogens (tertiary/aromatic N) is 3. The lowest BCUT2D eigenvalue weighted by atomic mass is 10.1. The zero-order valence-corrected chi connectivity index (χ0v) is 17.0. The van der Waals surface area contributed by atoms with Crippen LogP contribution in [-0.4, -0.2) is 53.7 Å². The van der Waals surface area contributed by atoms with Crippen molar-refractivity contribution in [2.24, 2.45) is 0 Å². The van der Waals surface area contributed by atoms with Gasteiger partial charge in [-0.15, -0.1) is 0 Å². The molecule has 3 heterocycles. The van der Waals surface area contributed by atoms with Gasteiger partial charge in [0.05, 0.1) is 17.9 Å². The fourth-order valence-electron chi connectivity index (χ4n) is 3.23.